The summed E-state index contributed by atoms with van der Waals surface area (Å²) in [6.45, 7) is 3.05. The van der Waals surface area contributed by atoms with Crippen LogP contribution >= 0.6 is 23.5 Å². The Balaban J connectivity index is 2.93. The summed E-state index contributed by atoms with van der Waals surface area (Å²) in [4.78, 5) is 25.8. The number of phosphoric acid groups is 3. The predicted molar refractivity (Wildman–Crippen MR) is 249 cm³/mol. The average Bonchev–Trinajstić information content (AvgIpc) is 3.34. The van der Waals surface area contributed by atoms with E-state index in [4.69, 9.17) is 57.1 Å². The molecule has 0 bridgehead atoms. The minimum atomic E-state index is -5.18. The molecule has 68 heavy (non-hydrogen) atoms. The van der Waals surface area contributed by atoms with Gasteiger partial charge in [-0.3, -0.25) is 27.7 Å². The highest BCUT2D eigenvalue weighted by Gasteiger charge is 2.58. The number of hydrogen-bond acceptors (Lipinski definition) is 24. The molecule has 404 valence electrons. The van der Waals surface area contributed by atoms with Crippen LogP contribution in [0.4, 0.5) is 0 Å². The zero-order chi connectivity index (χ0) is 50.7. The van der Waals surface area contributed by atoms with E-state index in [1.54, 1.807) is 0 Å². The lowest BCUT2D eigenvalue weighted by atomic mass is 9.85. The molecule has 1 aliphatic carbocycles. The molecule has 24 nitrogen and oxygen atoms in total. The van der Waals surface area contributed by atoms with Gasteiger partial charge in [-0.2, -0.15) is 18.5 Å². The van der Waals surface area contributed by atoms with Gasteiger partial charge in [0.05, 0.1) is 6.61 Å². The van der Waals surface area contributed by atoms with Crippen molar-refractivity contribution in [3.8, 4) is 0 Å². The number of carbonyl (C=O) groups excluding carboxylic acids is 2. The average molecular weight is 1050 g/mol. The second kappa shape index (κ2) is 38.6. The molecule has 0 amide bonds. The third-order valence-corrected chi connectivity index (χ3v) is 14.8. The fourth-order valence-corrected chi connectivity index (χ4v) is 10.0. The molecule has 1 fully saturated rings. The highest BCUT2D eigenvalue weighted by atomic mass is 31.2. The van der Waals surface area contributed by atoms with Crippen LogP contribution in [0, 0.1) is 0 Å². The van der Waals surface area contributed by atoms with Gasteiger partial charge < -0.3 is 24.8 Å². The lowest BCUT2D eigenvalue weighted by Gasteiger charge is -2.45. The first-order chi connectivity index (χ1) is 32.6. The quantitative estimate of drug-likeness (QED) is 0.0127. The number of carbonyl (C=O) groups is 2. The Morgan fingerprint density at radius 2 is 0.735 bits per heavy atom. The molecule has 0 radical (unpaired) electrons. The van der Waals surface area contributed by atoms with Gasteiger partial charge in [0.2, 0.25) is 0 Å². The van der Waals surface area contributed by atoms with E-state index in [0.29, 0.717) is 12.8 Å². The number of esters is 2. The van der Waals surface area contributed by atoms with Crippen LogP contribution in [0.5, 0.6) is 0 Å². The third-order valence-electron chi connectivity index (χ3n) is 11.5. The molecule has 13 N–H and O–H groups in total. The van der Waals surface area contributed by atoms with Crippen molar-refractivity contribution in [2.24, 2.45) is 29.5 Å². The normalized spacial score (nSPS) is 21.4. The highest BCUT2D eigenvalue weighted by molar-refractivity contribution is 7.49. The maximum atomic E-state index is 13.8. The summed E-state index contributed by atoms with van der Waals surface area (Å²) < 4.78 is 91.4. The molecule has 0 aromatic heterocycles. The maximum Gasteiger partial charge on any atom is 0.508 e. The van der Waals surface area contributed by atoms with E-state index in [1.807, 2.05) is 0 Å². The van der Waals surface area contributed by atoms with Crippen LogP contribution in [0.2, 0.25) is 0 Å². The van der Waals surface area contributed by atoms with E-state index >= 15 is 0 Å². The van der Waals surface area contributed by atoms with Crippen LogP contribution in [0.3, 0.4) is 0 Å². The zero-order valence-corrected chi connectivity index (χ0v) is 43.0. The number of hydrogen-bond donors (Lipinski definition) is 8. The molecule has 0 aliphatic heterocycles. The van der Waals surface area contributed by atoms with Gasteiger partial charge >= 0.3 is 35.4 Å². The van der Waals surface area contributed by atoms with Gasteiger partial charge in [-0.15, -0.1) is 0 Å². The first-order valence-corrected chi connectivity index (χ1v) is 28.8. The van der Waals surface area contributed by atoms with Gasteiger partial charge in [-0.05, 0) is 12.8 Å². The van der Waals surface area contributed by atoms with Crippen molar-refractivity contribution < 1.29 is 89.3 Å². The largest absolute Gasteiger partial charge is 0.508 e. The Hall–Kier alpha value is -1.05. The van der Waals surface area contributed by atoms with Crippen LogP contribution in [0.25, 0.3) is 0 Å². The number of rotatable bonds is 45. The monoisotopic (exact) mass is 1050 g/mol. The van der Waals surface area contributed by atoms with Crippen LogP contribution in [0.1, 0.15) is 194 Å². The minimum absolute atomic E-state index is 0.0197. The number of ether oxygens (including phenoxy) is 2. The lowest BCUT2D eigenvalue weighted by molar-refractivity contribution is -0.215. The number of aliphatic hydroxyl groups is 3. The van der Waals surface area contributed by atoms with E-state index in [-0.39, 0.29) is 12.8 Å². The molecule has 27 heteroatoms. The first-order valence-electron chi connectivity index (χ1n) is 24.4. The van der Waals surface area contributed by atoms with Crippen molar-refractivity contribution in [2.75, 3.05) is 13.2 Å². The third kappa shape index (κ3) is 27.7. The standard InChI is InChI=1S/C41H86N5O19P3/c1-3-5-7-9-11-13-15-17-19-21-23-25-27-29-34(47)55-31-33(57-35(48)30-28-26-24-22-20-18-16-14-12-10-8-6-4-2)32-56-66(52,61-42)58-39-36(49)37(50)40(59-67(53,62-43)63-44)41(38(39)51)60-68(54,64-45)65-46/h33,36-41,49-51H,3-32,42-46H2,1-2H3/t33-,36-,37-,38+,39+,40+,41+,66?/m1/s1. The van der Waals surface area contributed by atoms with Crippen molar-refractivity contribution in [3.63, 3.8) is 0 Å². The van der Waals surface area contributed by atoms with E-state index in [2.05, 4.69) is 37.0 Å². The van der Waals surface area contributed by atoms with E-state index in [9.17, 15) is 38.6 Å². The molecule has 1 aliphatic rings. The van der Waals surface area contributed by atoms with Gasteiger partial charge in [0, 0.05) is 12.8 Å². The summed E-state index contributed by atoms with van der Waals surface area (Å²) in [5.41, 5.74) is 0. The van der Waals surface area contributed by atoms with Crippen molar-refractivity contribution >= 4 is 35.4 Å². The predicted octanol–water partition coefficient (Wildman–Crippen LogP) is 7.45. The number of unbranched alkanes of at least 4 members (excludes halogenated alkanes) is 24. The van der Waals surface area contributed by atoms with E-state index in [0.717, 1.165) is 51.4 Å². The molecule has 0 saturated heterocycles. The first kappa shape index (κ1) is 65.0. The van der Waals surface area contributed by atoms with Crippen LogP contribution in [0.15, 0.2) is 0 Å². The Labute approximate surface area is 402 Å². The van der Waals surface area contributed by atoms with Gasteiger partial charge in [0.15, 0.2) is 6.10 Å². The second-order valence-corrected chi connectivity index (χ2v) is 21.8. The summed E-state index contributed by atoms with van der Waals surface area (Å²) in [6, 6.07) is 0. The molecule has 0 aromatic carbocycles. The van der Waals surface area contributed by atoms with Gasteiger partial charge in [0.1, 0.15) is 43.2 Å². The Morgan fingerprint density at radius 1 is 0.426 bits per heavy atom. The van der Waals surface area contributed by atoms with Crippen molar-refractivity contribution in [1.82, 2.24) is 0 Å². The minimum Gasteiger partial charge on any atom is -0.462 e. The Morgan fingerprint density at radius 3 is 1.10 bits per heavy atom. The molecule has 0 heterocycles. The molecule has 0 aromatic rings. The zero-order valence-electron chi connectivity index (χ0n) is 40.4. The van der Waals surface area contributed by atoms with E-state index in [1.165, 1.54) is 103 Å². The van der Waals surface area contributed by atoms with Gasteiger partial charge in [0.25, 0.3) is 0 Å². The molecular weight excluding hydrogens is 959 g/mol. The fraction of sp³-hybridized carbons (Fsp3) is 0.951. The maximum absolute atomic E-state index is 13.8. The van der Waals surface area contributed by atoms with Gasteiger partial charge in [-0.25, -0.2) is 47.8 Å². The van der Waals surface area contributed by atoms with Crippen LogP contribution in [-0.4, -0.2) is 83.2 Å². The molecule has 8 atom stereocenters. The Kier molecular flexibility index (Phi) is 36.8. The lowest BCUT2D eigenvalue weighted by Crippen LogP contribution is -2.65. The van der Waals surface area contributed by atoms with Crippen LogP contribution in [-0.2, 0) is 74.0 Å². The summed E-state index contributed by atoms with van der Waals surface area (Å²) in [6.07, 6.45) is 13.6. The number of phosphoric ester groups is 1. The second-order valence-electron chi connectivity index (χ2n) is 17.1. The summed E-state index contributed by atoms with van der Waals surface area (Å²) in [7, 11) is -15.2. The highest BCUT2D eigenvalue weighted by Crippen LogP contribution is 2.56. The van der Waals surface area contributed by atoms with Crippen molar-refractivity contribution in [3.05, 3.63) is 0 Å². The summed E-state index contributed by atoms with van der Waals surface area (Å²) in [5, 5.41) is 33.2. The molecule has 1 rings (SSSR count). The summed E-state index contributed by atoms with van der Waals surface area (Å²) in [5.74, 6) is 23.8. The topological polar surface area (TPSA) is 378 Å². The smallest absolute Gasteiger partial charge is 0.462 e. The SMILES string of the molecule is CCCCCCCCCCCCCCCC(=O)OC[C@H](COP(=O)(ON)O[C@H]1[C@H](O)[C@@H](O)[C@H](OP(=O)(ON)ON)[C@@H](OP(=O)(ON)ON)[C@H]1O)OC(=O)CCCCCCCCCCCCCCC. The number of aliphatic hydroxyl groups excluding tert-OH is 3. The van der Waals surface area contributed by atoms with E-state index < -0.39 is 91.3 Å². The van der Waals surface area contributed by atoms with Crippen LogP contribution < -0.4 is 29.5 Å². The number of nitrogens with two attached hydrogens (primary N) is 5. The van der Waals surface area contributed by atoms with Crippen molar-refractivity contribution in [2.45, 2.75) is 236 Å². The van der Waals surface area contributed by atoms with Crippen molar-refractivity contribution in [1.29, 1.82) is 0 Å². The molecular formula is C41H86N5O19P3. The fourth-order valence-electron chi connectivity index (χ4n) is 7.59. The molecule has 0 spiro atoms. The Bertz CT molecular complexity index is 1450. The van der Waals surface area contributed by atoms with Gasteiger partial charge in [-0.1, -0.05) is 168 Å². The molecule has 1 unspecified atom stereocenters. The summed E-state index contributed by atoms with van der Waals surface area (Å²) >= 11 is 0. The molecule has 1 saturated carbocycles.